The van der Waals surface area contributed by atoms with Gasteiger partial charge in [-0.3, -0.25) is 4.79 Å². The van der Waals surface area contributed by atoms with Gasteiger partial charge in [0.2, 0.25) is 0 Å². The molecule has 4 nitrogen and oxygen atoms in total. The molecule has 0 heterocycles. The maximum absolute atomic E-state index is 12.7. The lowest BCUT2D eigenvalue weighted by atomic mass is 10.1. The summed E-state index contributed by atoms with van der Waals surface area (Å²) in [6, 6.07) is 14.5. The quantitative estimate of drug-likeness (QED) is 0.887. The van der Waals surface area contributed by atoms with E-state index >= 15 is 0 Å². The Labute approximate surface area is 124 Å². The molecule has 0 spiro atoms. The minimum atomic E-state index is -0.134. The number of phenolic OH excluding ortho intramolecular Hbond substituents is 1. The van der Waals surface area contributed by atoms with Crippen molar-refractivity contribution in [3.05, 3.63) is 59.7 Å². The van der Waals surface area contributed by atoms with Gasteiger partial charge in [-0.05, 0) is 49.7 Å². The Kier molecular flexibility index (Phi) is 4.95. The van der Waals surface area contributed by atoms with E-state index in [4.69, 9.17) is 5.73 Å². The van der Waals surface area contributed by atoms with Gasteiger partial charge in [0.15, 0.2) is 0 Å². The van der Waals surface area contributed by atoms with Crippen molar-refractivity contribution in [3.8, 4) is 5.75 Å². The Hall–Kier alpha value is -2.33. The zero-order valence-corrected chi connectivity index (χ0v) is 12.1. The van der Waals surface area contributed by atoms with Crippen molar-refractivity contribution in [1.29, 1.82) is 0 Å². The molecular weight excluding hydrogens is 264 g/mol. The van der Waals surface area contributed by atoms with Crippen molar-refractivity contribution in [2.45, 2.75) is 13.3 Å². The van der Waals surface area contributed by atoms with Crippen LogP contribution in [0.15, 0.2) is 48.5 Å². The number of nitrogens with two attached hydrogens (primary N) is 1. The monoisotopic (exact) mass is 284 g/mol. The number of hydrogen-bond donors (Lipinski definition) is 2. The van der Waals surface area contributed by atoms with Gasteiger partial charge >= 0.3 is 0 Å². The highest BCUT2D eigenvalue weighted by Crippen LogP contribution is 2.21. The van der Waals surface area contributed by atoms with E-state index in [1.54, 1.807) is 24.0 Å². The van der Waals surface area contributed by atoms with Gasteiger partial charge in [-0.1, -0.05) is 24.3 Å². The molecule has 0 radical (unpaired) electrons. The van der Waals surface area contributed by atoms with E-state index in [0.717, 1.165) is 17.7 Å². The molecule has 0 saturated heterocycles. The predicted octanol–water partition coefficient (Wildman–Crippen LogP) is 2.70. The van der Waals surface area contributed by atoms with Crippen molar-refractivity contribution in [1.82, 2.24) is 0 Å². The van der Waals surface area contributed by atoms with Crippen molar-refractivity contribution < 1.29 is 9.90 Å². The summed E-state index contributed by atoms with van der Waals surface area (Å²) in [4.78, 5) is 14.4. The number of phenols is 1. The van der Waals surface area contributed by atoms with Gasteiger partial charge in [0.25, 0.3) is 5.91 Å². The van der Waals surface area contributed by atoms with Crippen LogP contribution in [0.3, 0.4) is 0 Å². The number of benzene rings is 2. The predicted molar refractivity (Wildman–Crippen MR) is 84.6 cm³/mol. The second-order valence-corrected chi connectivity index (χ2v) is 4.94. The van der Waals surface area contributed by atoms with Gasteiger partial charge < -0.3 is 15.7 Å². The third-order valence-corrected chi connectivity index (χ3v) is 3.35. The lowest BCUT2D eigenvalue weighted by Gasteiger charge is -2.23. The highest BCUT2D eigenvalue weighted by molar-refractivity contribution is 6.06. The number of aryl methyl sites for hydroxylation is 1. The van der Waals surface area contributed by atoms with Crippen LogP contribution in [0.5, 0.6) is 5.75 Å². The fourth-order valence-corrected chi connectivity index (χ4v) is 2.10. The molecule has 0 saturated carbocycles. The lowest BCUT2D eigenvalue weighted by Crippen LogP contribution is -2.32. The second kappa shape index (κ2) is 6.90. The molecule has 1 amide bonds. The summed E-state index contributed by atoms with van der Waals surface area (Å²) < 4.78 is 0. The van der Waals surface area contributed by atoms with Gasteiger partial charge in [-0.25, -0.2) is 0 Å². The van der Waals surface area contributed by atoms with E-state index in [1.165, 1.54) is 6.07 Å². The van der Waals surface area contributed by atoms with E-state index < -0.39 is 0 Å². The van der Waals surface area contributed by atoms with Gasteiger partial charge in [0, 0.05) is 17.8 Å². The summed E-state index contributed by atoms with van der Waals surface area (Å²) in [5.74, 6) is -0.00219. The van der Waals surface area contributed by atoms with Crippen molar-refractivity contribution in [2.24, 2.45) is 5.73 Å². The molecule has 4 heteroatoms. The molecule has 0 aliphatic carbocycles. The first-order valence-electron chi connectivity index (χ1n) is 7.00. The SMILES string of the molecule is Cc1ccc(C(=O)N(CCCN)c2ccccc2)cc1O. The minimum Gasteiger partial charge on any atom is -0.508 e. The molecule has 0 aliphatic heterocycles. The fourth-order valence-electron chi connectivity index (χ4n) is 2.10. The Bertz CT molecular complexity index is 611. The number of anilines is 1. The first kappa shape index (κ1) is 15.1. The Morgan fingerprint density at radius 1 is 1.19 bits per heavy atom. The molecule has 3 N–H and O–H groups in total. The van der Waals surface area contributed by atoms with Crippen LogP contribution in [0.2, 0.25) is 0 Å². The smallest absolute Gasteiger partial charge is 0.258 e. The van der Waals surface area contributed by atoms with Crippen LogP contribution in [0.4, 0.5) is 5.69 Å². The van der Waals surface area contributed by atoms with Crippen molar-refractivity contribution >= 4 is 11.6 Å². The number of rotatable bonds is 5. The molecule has 21 heavy (non-hydrogen) atoms. The Morgan fingerprint density at radius 2 is 1.90 bits per heavy atom. The minimum absolute atomic E-state index is 0.132. The lowest BCUT2D eigenvalue weighted by molar-refractivity contribution is 0.0986. The molecular formula is C17H20N2O2. The normalized spacial score (nSPS) is 10.4. The molecule has 0 fully saturated rings. The molecule has 0 aromatic heterocycles. The van der Waals surface area contributed by atoms with E-state index in [9.17, 15) is 9.90 Å². The summed E-state index contributed by atoms with van der Waals surface area (Å²) in [6.07, 6.45) is 0.721. The molecule has 0 aliphatic rings. The molecule has 0 bridgehead atoms. The van der Waals surface area contributed by atoms with Gasteiger partial charge in [-0.2, -0.15) is 0 Å². The first-order chi connectivity index (χ1) is 10.1. The Balaban J connectivity index is 2.31. The second-order valence-electron chi connectivity index (χ2n) is 4.94. The third kappa shape index (κ3) is 3.61. The zero-order valence-electron chi connectivity index (χ0n) is 12.1. The zero-order chi connectivity index (χ0) is 15.2. The van der Waals surface area contributed by atoms with E-state index in [2.05, 4.69) is 0 Å². The highest BCUT2D eigenvalue weighted by Gasteiger charge is 2.17. The van der Waals surface area contributed by atoms with Crippen LogP contribution in [0, 0.1) is 6.92 Å². The largest absolute Gasteiger partial charge is 0.508 e. The number of nitrogens with zero attached hydrogens (tertiary/aromatic N) is 1. The van der Waals surface area contributed by atoms with Crippen LogP contribution in [0.1, 0.15) is 22.3 Å². The summed E-state index contributed by atoms with van der Waals surface area (Å²) in [5, 5.41) is 9.79. The summed E-state index contributed by atoms with van der Waals surface area (Å²) in [6.45, 7) is 2.87. The van der Waals surface area contributed by atoms with E-state index in [1.807, 2.05) is 30.3 Å². The highest BCUT2D eigenvalue weighted by atomic mass is 16.3. The standard InChI is InChI=1S/C17H20N2O2/c1-13-8-9-14(12-16(13)20)17(21)19(11-5-10-18)15-6-3-2-4-7-15/h2-4,6-9,12,20H,5,10-11,18H2,1H3. The van der Waals surface area contributed by atoms with Crippen LogP contribution in [-0.2, 0) is 0 Å². The van der Waals surface area contributed by atoms with Crippen molar-refractivity contribution in [3.63, 3.8) is 0 Å². The summed E-state index contributed by atoms with van der Waals surface area (Å²) >= 11 is 0. The van der Waals surface area contributed by atoms with Crippen LogP contribution >= 0.6 is 0 Å². The van der Waals surface area contributed by atoms with Gasteiger partial charge in [0.1, 0.15) is 5.75 Å². The topological polar surface area (TPSA) is 66.6 Å². The van der Waals surface area contributed by atoms with Crippen molar-refractivity contribution in [2.75, 3.05) is 18.0 Å². The average molecular weight is 284 g/mol. The van der Waals surface area contributed by atoms with E-state index in [0.29, 0.717) is 18.7 Å². The number of hydrogen-bond acceptors (Lipinski definition) is 3. The Morgan fingerprint density at radius 3 is 2.52 bits per heavy atom. The molecule has 110 valence electrons. The third-order valence-electron chi connectivity index (χ3n) is 3.35. The maximum Gasteiger partial charge on any atom is 0.258 e. The maximum atomic E-state index is 12.7. The molecule has 2 rings (SSSR count). The molecule has 2 aromatic rings. The van der Waals surface area contributed by atoms with Crippen LogP contribution in [0.25, 0.3) is 0 Å². The number of amides is 1. The molecule has 0 atom stereocenters. The van der Waals surface area contributed by atoms with Gasteiger partial charge in [0.05, 0.1) is 0 Å². The number of carbonyl (C=O) groups excluding carboxylic acids is 1. The fraction of sp³-hybridized carbons (Fsp3) is 0.235. The van der Waals surface area contributed by atoms with E-state index in [-0.39, 0.29) is 11.7 Å². The average Bonchev–Trinajstić information content (AvgIpc) is 2.51. The van der Waals surface area contributed by atoms with Crippen LogP contribution in [-0.4, -0.2) is 24.1 Å². The first-order valence-corrected chi connectivity index (χ1v) is 7.00. The summed E-state index contributed by atoms with van der Waals surface area (Å²) in [5.41, 5.74) is 7.61. The summed E-state index contributed by atoms with van der Waals surface area (Å²) in [7, 11) is 0. The number of carbonyl (C=O) groups is 1. The van der Waals surface area contributed by atoms with Gasteiger partial charge in [-0.15, -0.1) is 0 Å². The molecule has 0 unspecified atom stereocenters. The molecule has 2 aromatic carbocycles. The number of para-hydroxylation sites is 1. The number of aromatic hydroxyl groups is 1. The van der Waals surface area contributed by atoms with Crippen LogP contribution < -0.4 is 10.6 Å².